The van der Waals surface area contributed by atoms with Crippen LogP contribution in [0.3, 0.4) is 0 Å². The average molecular weight is 479 g/mol. The topological polar surface area (TPSA) is 67.3 Å². The van der Waals surface area contributed by atoms with E-state index in [0.717, 1.165) is 37.4 Å². The number of rotatable bonds is 4. The van der Waals surface area contributed by atoms with Gasteiger partial charge >= 0.3 is 12.3 Å². The Kier molecular flexibility index (Phi) is 7.99. The van der Waals surface area contributed by atoms with Crippen LogP contribution in [-0.2, 0) is 10.9 Å². The monoisotopic (exact) mass is 478 g/mol. The molecule has 3 heterocycles. The number of aromatic nitrogens is 2. The van der Waals surface area contributed by atoms with Crippen LogP contribution in [0.25, 0.3) is 0 Å². The third kappa shape index (κ3) is 5.71. The van der Waals surface area contributed by atoms with Gasteiger partial charge in [-0.1, -0.05) is 0 Å². The molecule has 2 fully saturated rings. The van der Waals surface area contributed by atoms with E-state index in [1.54, 1.807) is 23.4 Å². The summed E-state index contributed by atoms with van der Waals surface area (Å²) in [6.07, 6.45) is 2.99. The molecule has 1 saturated heterocycles. The normalized spacial score (nSPS) is 23.0. The smallest absolute Gasteiger partial charge is 0.433 e. The van der Waals surface area contributed by atoms with E-state index in [1.807, 2.05) is 6.07 Å². The van der Waals surface area contributed by atoms with Crippen molar-refractivity contribution in [1.82, 2.24) is 9.97 Å². The van der Waals surface area contributed by atoms with Crippen LogP contribution >= 0.6 is 24.8 Å². The number of halogens is 5. The van der Waals surface area contributed by atoms with Crippen LogP contribution in [0.1, 0.15) is 31.4 Å². The number of hydrogen-bond acceptors (Lipinski definition) is 5. The minimum absolute atomic E-state index is 0. The molecule has 2 aromatic rings. The van der Waals surface area contributed by atoms with E-state index in [4.69, 9.17) is 4.74 Å². The number of pyridine rings is 2. The molecule has 1 saturated carbocycles. The van der Waals surface area contributed by atoms with Crippen molar-refractivity contribution in [2.75, 3.05) is 23.3 Å². The van der Waals surface area contributed by atoms with Crippen molar-refractivity contribution < 1.29 is 22.7 Å². The van der Waals surface area contributed by atoms with E-state index >= 15 is 0 Å². The molecule has 0 bridgehead atoms. The molecule has 0 unspecified atom stereocenters. The summed E-state index contributed by atoms with van der Waals surface area (Å²) in [5.41, 5.74) is -0.0792. The number of nitrogens with one attached hydrogen (secondary N) is 1. The van der Waals surface area contributed by atoms with Gasteiger partial charge in [-0.05, 0) is 55.9 Å². The van der Waals surface area contributed by atoms with Gasteiger partial charge in [0, 0.05) is 12.7 Å². The van der Waals surface area contributed by atoms with Crippen LogP contribution in [0, 0.1) is 5.92 Å². The molecule has 1 spiro atoms. The molecule has 1 N–H and O–H groups in total. The molecule has 31 heavy (non-hydrogen) atoms. The maximum Gasteiger partial charge on any atom is 0.433 e. The van der Waals surface area contributed by atoms with E-state index in [1.165, 1.54) is 12.3 Å². The lowest BCUT2D eigenvalue weighted by Gasteiger charge is -2.35. The van der Waals surface area contributed by atoms with Crippen LogP contribution in [0.4, 0.5) is 29.3 Å². The highest BCUT2D eigenvalue weighted by molar-refractivity contribution is 5.90. The lowest BCUT2D eigenvalue weighted by Crippen LogP contribution is -2.39. The first-order chi connectivity index (χ1) is 13.8. The average Bonchev–Trinajstić information content (AvgIpc) is 3.04. The molecule has 6 nitrogen and oxygen atoms in total. The summed E-state index contributed by atoms with van der Waals surface area (Å²) < 4.78 is 43.5. The minimum Gasteiger partial charge on any atom is -0.441 e. The third-order valence-corrected chi connectivity index (χ3v) is 5.59. The van der Waals surface area contributed by atoms with Crippen molar-refractivity contribution in [3.63, 3.8) is 0 Å². The van der Waals surface area contributed by atoms with Crippen LogP contribution in [0.5, 0.6) is 0 Å². The van der Waals surface area contributed by atoms with Crippen molar-refractivity contribution in [3.8, 4) is 0 Å². The molecule has 0 atom stereocenters. The summed E-state index contributed by atoms with van der Waals surface area (Å²) in [5.74, 6) is 0.356. The van der Waals surface area contributed by atoms with Gasteiger partial charge < -0.3 is 10.1 Å². The molecular formula is C20H23Cl2F3N4O2. The van der Waals surface area contributed by atoms with Crippen molar-refractivity contribution in [1.29, 1.82) is 0 Å². The van der Waals surface area contributed by atoms with E-state index in [2.05, 4.69) is 15.3 Å². The number of hydrogen-bond donors (Lipinski definition) is 1. The second-order valence-electron chi connectivity index (χ2n) is 7.60. The summed E-state index contributed by atoms with van der Waals surface area (Å²) in [5, 5.41) is 3.16. The van der Waals surface area contributed by atoms with Crippen molar-refractivity contribution in [2.24, 2.45) is 5.92 Å². The number of amides is 1. The number of anilines is 2. The Morgan fingerprint density at radius 1 is 1.16 bits per heavy atom. The number of ether oxygens (including phenoxy) is 1. The number of carbonyl (C=O) groups excluding carboxylic acids is 1. The number of carbonyl (C=O) groups is 1. The fourth-order valence-corrected chi connectivity index (χ4v) is 3.93. The standard InChI is InChI=1S/C20H21F3N4O2.2ClH/c21-20(22,23)17-4-3-15(11-26-17)25-10-14-5-7-19(8-6-14)13-27(18(28)29-19)16-2-1-9-24-12-16;;/h1-4,9,11-12,14,25H,5-8,10,13H2;2*1H. The molecule has 11 heteroatoms. The Hall–Kier alpha value is -2.26. The van der Waals surface area contributed by atoms with Crippen molar-refractivity contribution in [3.05, 3.63) is 48.5 Å². The van der Waals surface area contributed by atoms with E-state index in [0.29, 0.717) is 24.7 Å². The van der Waals surface area contributed by atoms with Crippen LogP contribution in [0.15, 0.2) is 42.9 Å². The van der Waals surface area contributed by atoms with Gasteiger partial charge in [-0.25, -0.2) is 9.78 Å². The summed E-state index contributed by atoms with van der Waals surface area (Å²) in [4.78, 5) is 21.5. The molecule has 0 radical (unpaired) electrons. The zero-order valence-electron chi connectivity index (χ0n) is 16.5. The quantitative estimate of drug-likeness (QED) is 0.642. The van der Waals surface area contributed by atoms with E-state index in [9.17, 15) is 18.0 Å². The summed E-state index contributed by atoms with van der Waals surface area (Å²) in [6.45, 7) is 1.16. The number of alkyl halides is 3. The fraction of sp³-hybridized carbons (Fsp3) is 0.450. The predicted octanol–water partition coefficient (Wildman–Crippen LogP) is 5.34. The summed E-state index contributed by atoms with van der Waals surface area (Å²) >= 11 is 0. The maximum atomic E-state index is 12.6. The highest BCUT2D eigenvalue weighted by Crippen LogP contribution is 2.40. The van der Waals surface area contributed by atoms with Gasteiger partial charge in [0.1, 0.15) is 11.3 Å². The Balaban J connectivity index is 0.00000171. The second kappa shape index (κ2) is 9.91. The number of nitrogens with zero attached hydrogens (tertiary/aromatic N) is 3. The van der Waals surface area contributed by atoms with E-state index < -0.39 is 17.5 Å². The first-order valence-corrected chi connectivity index (χ1v) is 9.52. The third-order valence-electron chi connectivity index (χ3n) is 5.59. The molecule has 2 aliphatic rings. The first kappa shape index (κ1) is 25.0. The van der Waals surface area contributed by atoms with Gasteiger partial charge in [0.15, 0.2) is 0 Å². The Bertz CT molecular complexity index is 861. The van der Waals surface area contributed by atoms with Gasteiger partial charge in [-0.3, -0.25) is 9.88 Å². The predicted molar refractivity (Wildman–Crippen MR) is 115 cm³/mol. The molecule has 170 valence electrons. The molecule has 0 aromatic carbocycles. The summed E-state index contributed by atoms with van der Waals surface area (Å²) in [7, 11) is 0. The summed E-state index contributed by atoms with van der Waals surface area (Å²) in [6, 6.07) is 5.99. The zero-order valence-corrected chi connectivity index (χ0v) is 18.1. The molecular weight excluding hydrogens is 456 g/mol. The molecule has 1 aliphatic carbocycles. The highest BCUT2D eigenvalue weighted by Gasteiger charge is 2.47. The van der Waals surface area contributed by atoms with E-state index in [-0.39, 0.29) is 30.9 Å². The Labute approximate surface area is 190 Å². The van der Waals surface area contributed by atoms with Crippen LogP contribution in [0.2, 0.25) is 0 Å². The SMILES string of the molecule is Cl.Cl.O=C1OC2(CCC(CNc3ccc(C(F)(F)F)nc3)CC2)CN1c1cccnc1. The minimum atomic E-state index is -4.43. The van der Waals surface area contributed by atoms with Crippen LogP contribution < -0.4 is 10.2 Å². The lowest BCUT2D eigenvalue weighted by atomic mass is 9.78. The zero-order chi connectivity index (χ0) is 20.5. The largest absolute Gasteiger partial charge is 0.441 e. The van der Waals surface area contributed by atoms with Gasteiger partial charge in [0.25, 0.3) is 0 Å². The fourth-order valence-electron chi connectivity index (χ4n) is 3.93. The lowest BCUT2D eigenvalue weighted by molar-refractivity contribution is -0.141. The van der Waals surface area contributed by atoms with Gasteiger partial charge in [-0.2, -0.15) is 13.2 Å². The van der Waals surface area contributed by atoms with Crippen molar-refractivity contribution in [2.45, 2.75) is 37.5 Å². The highest BCUT2D eigenvalue weighted by atomic mass is 35.5. The van der Waals surface area contributed by atoms with Crippen LogP contribution in [-0.4, -0.2) is 34.8 Å². The van der Waals surface area contributed by atoms with Crippen molar-refractivity contribution >= 4 is 42.3 Å². The Morgan fingerprint density at radius 3 is 2.48 bits per heavy atom. The Morgan fingerprint density at radius 2 is 1.90 bits per heavy atom. The van der Waals surface area contributed by atoms with Gasteiger partial charge in [0.05, 0.1) is 30.3 Å². The first-order valence-electron chi connectivity index (χ1n) is 9.52. The maximum absolute atomic E-state index is 12.6. The molecule has 1 aliphatic heterocycles. The van der Waals surface area contributed by atoms with Gasteiger partial charge in [0.2, 0.25) is 0 Å². The van der Waals surface area contributed by atoms with Gasteiger partial charge in [-0.15, -0.1) is 24.8 Å². The molecule has 4 rings (SSSR count). The second-order valence-corrected chi connectivity index (χ2v) is 7.60. The molecule has 2 aromatic heterocycles. The molecule has 1 amide bonds.